The number of nitrogens with one attached hydrogen (secondary N) is 1. The number of hydrogen-bond donors (Lipinski definition) is 1. The molecule has 272 valence electrons. The second-order valence-corrected chi connectivity index (χ2v) is 12.0. The molecule has 0 aromatic rings. The lowest BCUT2D eigenvalue weighted by molar-refractivity contribution is -0.221. The van der Waals surface area contributed by atoms with Crippen LogP contribution in [0.3, 0.4) is 0 Å². The number of likely N-dealkylation sites (N-methyl/N-ethyl adjacent to an activating group) is 4. The van der Waals surface area contributed by atoms with Crippen LogP contribution in [0.5, 0.6) is 0 Å². The molecule has 0 spiro atoms. The smallest absolute Gasteiger partial charge is 0.267 e. The van der Waals surface area contributed by atoms with Gasteiger partial charge in [-0.15, -0.1) is 12.4 Å². The van der Waals surface area contributed by atoms with E-state index in [1.807, 2.05) is 14.1 Å². The Balaban J connectivity index is -0.0000000759. The first-order valence-corrected chi connectivity index (χ1v) is 16.2. The molecular weight excluding hydrogens is 645 g/mol. The molecule has 0 aromatic heterocycles. The van der Waals surface area contributed by atoms with E-state index in [2.05, 4.69) is 89.7 Å². The molecule has 0 unspecified atom stereocenters. The minimum absolute atomic E-state index is 0. The van der Waals surface area contributed by atoms with E-state index in [-0.39, 0.29) is 40.3 Å². The van der Waals surface area contributed by atoms with Gasteiger partial charge in [0.05, 0.1) is 0 Å². The highest BCUT2D eigenvalue weighted by atomic mass is 35.5. The van der Waals surface area contributed by atoms with Gasteiger partial charge in [0, 0.05) is 54.6 Å². The maximum absolute atomic E-state index is 9.95. The number of rotatable bonds is 9. The molecule has 18 heteroatoms. The van der Waals surface area contributed by atoms with Crippen molar-refractivity contribution in [2.24, 2.45) is 0 Å². The van der Waals surface area contributed by atoms with E-state index in [0.29, 0.717) is 6.29 Å². The van der Waals surface area contributed by atoms with Gasteiger partial charge in [-0.2, -0.15) is 0 Å². The number of nitrogens with zero attached hydrogens (tertiary/aromatic N) is 5. The molecule has 0 radical (unpaired) electrons. The molecule has 2 fully saturated rings. The molecule has 0 atom stereocenters. The molecular formula is C25H68Cl2N6O8P2-2. The summed E-state index contributed by atoms with van der Waals surface area (Å²) in [6.07, 6.45) is 0.528. The Kier molecular flexibility index (Phi) is 46.6. The Hall–Kier alpha value is 0.560. The number of halogens is 2. The van der Waals surface area contributed by atoms with Gasteiger partial charge in [-0.1, -0.05) is 61.6 Å². The van der Waals surface area contributed by atoms with Gasteiger partial charge in [0.15, 0.2) is 0 Å². The maximum atomic E-state index is 9.95. The minimum atomic E-state index is -3.90. The van der Waals surface area contributed by atoms with Crippen molar-refractivity contribution in [1.82, 2.24) is 29.8 Å². The van der Waals surface area contributed by atoms with Crippen LogP contribution in [0.2, 0.25) is 0 Å². The molecule has 0 aromatic carbocycles. The summed E-state index contributed by atoms with van der Waals surface area (Å²) in [5.41, 5.74) is 0.120. The van der Waals surface area contributed by atoms with Gasteiger partial charge in [-0.3, -0.25) is 33.6 Å². The average Bonchev–Trinajstić information content (AvgIpc) is 3.41. The van der Waals surface area contributed by atoms with Crippen LogP contribution in [0.1, 0.15) is 50.0 Å². The topological polar surface area (TPSA) is 145 Å². The molecule has 0 aliphatic carbocycles. The molecule has 14 nitrogen and oxygen atoms in total. The SMILES string of the molecule is C.C.C.CCN(CC)C1N(C)CCN1C.CCNCC.CN1CCN(C)C1Cl.COP(=O)([O-])OC.COP(=O)([O-])OC.Cl. The normalized spacial score (nSPS) is 16.3. The molecule has 0 saturated carbocycles. The molecule has 2 heterocycles. The fourth-order valence-corrected chi connectivity index (χ4v) is 3.75. The first-order valence-electron chi connectivity index (χ1n) is 12.8. The molecule has 1 N–H and O–H groups in total. The van der Waals surface area contributed by atoms with E-state index >= 15 is 0 Å². The molecule has 2 aliphatic rings. The summed E-state index contributed by atoms with van der Waals surface area (Å²) in [5.74, 6) is 0. The zero-order valence-electron chi connectivity index (χ0n) is 26.5. The summed E-state index contributed by atoms with van der Waals surface area (Å²) in [7, 11) is 4.81. The van der Waals surface area contributed by atoms with Gasteiger partial charge < -0.3 is 33.2 Å². The van der Waals surface area contributed by atoms with E-state index in [0.717, 1.165) is 67.7 Å². The van der Waals surface area contributed by atoms with E-state index in [9.17, 15) is 18.9 Å². The Bertz CT molecular complexity index is 617. The van der Waals surface area contributed by atoms with Gasteiger partial charge in [-0.05, 0) is 54.4 Å². The summed E-state index contributed by atoms with van der Waals surface area (Å²) in [6.45, 7) is 17.7. The number of phosphoric acid groups is 2. The highest BCUT2D eigenvalue weighted by Crippen LogP contribution is 2.35. The van der Waals surface area contributed by atoms with Crippen molar-refractivity contribution in [1.29, 1.82) is 0 Å². The number of hydrogen-bond acceptors (Lipinski definition) is 14. The van der Waals surface area contributed by atoms with Crippen LogP contribution in [-0.2, 0) is 27.2 Å². The third-order valence-electron chi connectivity index (χ3n) is 5.66. The second kappa shape index (κ2) is 33.9. The van der Waals surface area contributed by atoms with Crippen LogP contribution in [0.25, 0.3) is 0 Å². The first-order chi connectivity index (χ1) is 18.1. The van der Waals surface area contributed by atoms with Crippen LogP contribution < -0.4 is 15.1 Å². The fraction of sp³-hybridized carbons (Fsp3) is 1.00. The molecule has 2 rings (SSSR count). The van der Waals surface area contributed by atoms with Crippen molar-refractivity contribution in [3.05, 3.63) is 0 Å². The highest BCUT2D eigenvalue weighted by Gasteiger charge is 2.29. The zero-order chi connectivity index (χ0) is 31.2. The van der Waals surface area contributed by atoms with Crippen molar-refractivity contribution in [3.63, 3.8) is 0 Å². The van der Waals surface area contributed by atoms with Crippen LogP contribution in [0, 0.1) is 0 Å². The fourth-order valence-electron chi connectivity index (χ4n) is 3.25. The van der Waals surface area contributed by atoms with Gasteiger partial charge in [0.1, 0.15) is 11.9 Å². The second-order valence-electron chi connectivity index (χ2n) is 8.38. The predicted molar refractivity (Wildman–Crippen MR) is 182 cm³/mol. The van der Waals surface area contributed by atoms with Gasteiger partial charge in [-0.25, -0.2) is 0 Å². The van der Waals surface area contributed by atoms with E-state index < -0.39 is 15.6 Å². The lowest BCUT2D eigenvalue weighted by Crippen LogP contribution is -2.49. The van der Waals surface area contributed by atoms with Crippen LogP contribution in [0.15, 0.2) is 0 Å². The molecule has 0 bridgehead atoms. The van der Waals surface area contributed by atoms with Crippen molar-refractivity contribution in [2.75, 3.05) is 109 Å². The summed E-state index contributed by atoms with van der Waals surface area (Å²) < 4.78 is 35.4. The predicted octanol–water partition coefficient (Wildman–Crippen LogP) is 3.32. The van der Waals surface area contributed by atoms with Crippen molar-refractivity contribution in [3.8, 4) is 0 Å². The van der Waals surface area contributed by atoms with Crippen LogP contribution in [0.4, 0.5) is 0 Å². The third-order valence-corrected chi connectivity index (χ3v) is 8.12. The van der Waals surface area contributed by atoms with Gasteiger partial charge in [0.2, 0.25) is 0 Å². The van der Waals surface area contributed by atoms with Gasteiger partial charge >= 0.3 is 0 Å². The van der Waals surface area contributed by atoms with Crippen molar-refractivity contribution < 1.29 is 37.0 Å². The van der Waals surface area contributed by atoms with Crippen molar-refractivity contribution >= 4 is 39.7 Å². The van der Waals surface area contributed by atoms with Crippen molar-refractivity contribution in [2.45, 2.75) is 61.9 Å². The summed E-state index contributed by atoms with van der Waals surface area (Å²) in [6, 6.07) is 0. The largest absolute Gasteiger partial charge is 0.756 e. The van der Waals surface area contributed by atoms with Crippen LogP contribution >= 0.6 is 39.7 Å². The molecule has 2 saturated heterocycles. The molecule has 43 heavy (non-hydrogen) atoms. The number of alkyl halides is 1. The Morgan fingerprint density at radius 3 is 1.07 bits per heavy atom. The monoisotopic (exact) mass is 712 g/mol. The number of phosphoric ester groups is 2. The third kappa shape index (κ3) is 29.7. The summed E-state index contributed by atoms with van der Waals surface area (Å²) in [5, 5.41) is 3.11. The average molecular weight is 714 g/mol. The maximum Gasteiger partial charge on any atom is 0.267 e. The first kappa shape index (κ1) is 59.0. The molecule has 0 amide bonds. The summed E-state index contributed by atoms with van der Waals surface area (Å²) in [4.78, 5) is 31.4. The lowest BCUT2D eigenvalue weighted by atomic mass is 10.5. The Labute approximate surface area is 276 Å². The lowest BCUT2D eigenvalue weighted by Gasteiger charge is -2.35. The van der Waals surface area contributed by atoms with E-state index in [1.54, 1.807) is 0 Å². The van der Waals surface area contributed by atoms with E-state index in [1.165, 1.54) is 13.1 Å². The van der Waals surface area contributed by atoms with Crippen LogP contribution in [-0.4, -0.2) is 145 Å². The Morgan fingerprint density at radius 2 is 0.953 bits per heavy atom. The minimum Gasteiger partial charge on any atom is -0.756 e. The summed E-state index contributed by atoms with van der Waals surface area (Å²) >= 11 is 5.86. The Morgan fingerprint density at radius 1 is 0.698 bits per heavy atom. The standard InChI is InChI=1S/C9H21N3.C5H11ClN2.C4H11N.2C2H7O4P.3CH4.ClH/c1-5-12(6-2)9-10(3)7-8-11(9)4;1-7-3-4-8(2)5(7)6;1-3-5-4-2;2*1-5-7(3,4)6-2;;;;/h9H,5-8H2,1-4H3;5H,3-4H2,1-2H3;5H,3-4H2,1-2H3;2*1-2H3,(H,3,4);3*1H4;1H/p-2. The quantitative estimate of drug-likeness (QED) is 0.212. The highest BCUT2D eigenvalue weighted by molar-refractivity contribution is 7.46. The molecule has 2 aliphatic heterocycles. The van der Waals surface area contributed by atoms with Gasteiger partial charge in [0.25, 0.3) is 15.6 Å². The zero-order valence-corrected chi connectivity index (χ0v) is 29.9. The van der Waals surface area contributed by atoms with E-state index in [4.69, 9.17) is 11.6 Å².